The maximum absolute atomic E-state index is 5.09. The topological polar surface area (TPSA) is 70.5 Å². The molecule has 0 rings (SSSR count). The summed E-state index contributed by atoms with van der Waals surface area (Å²) in [7, 11) is 3.28. The Kier molecular flexibility index (Phi) is 2.81. The lowest BCUT2D eigenvalue weighted by Crippen LogP contribution is -2.52. The lowest BCUT2D eigenvalue weighted by Gasteiger charge is -2.16. The number of nitrogens with one attached hydrogen (secondary N) is 1. The Labute approximate surface area is 42.7 Å². The molecule has 0 radical (unpaired) electrons. The van der Waals surface area contributed by atoms with Gasteiger partial charge in [-0.2, -0.15) is 15.8 Å². The van der Waals surface area contributed by atoms with Crippen LogP contribution in [-0.2, 0) is 0 Å². The maximum atomic E-state index is 5.09. The Morgan fingerprint density at radius 1 is 1.14 bits per heavy atom. The van der Waals surface area contributed by atoms with Crippen LogP contribution in [-0.4, -0.2) is 24.3 Å². The number of hydrogen-bond acceptors (Lipinski definition) is 5. The lowest BCUT2D eigenvalue weighted by molar-refractivity contribution is 0.0650. The highest BCUT2D eigenvalue weighted by atomic mass is 15.9. The minimum Gasteiger partial charge on any atom is -0.254 e. The molecule has 0 aliphatic heterocycles. The average molecular weight is 105 g/mol. The van der Waals surface area contributed by atoms with Crippen molar-refractivity contribution in [3.63, 3.8) is 0 Å². The Bertz CT molecular complexity index is 35.3. The summed E-state index contributed by atoms with van der Waals surface area (Å²) < 4.78 is 0. The van der Waals surface area contributed by atoms with Crippen LogP contribution in [0.2, 0.25) is 0 Å². The second-order valence-electron chi connectivity index (χ2n) is 1.32. The first-order valence-electron chi connectivity index (χ1n) is 1.86. The molecule has 5 heteroatoms. The van der Waals surface area contributed by atoms with Gasteiger partial charge in [-0.1, -0.05) is 0 Å². The Hall–Kier alpha value is -0.200. The van der Waals surface area contributed by atoms with Crippen LogP contribution < -0.4 is 17.2 Å². The van der Waals surface area contributed by atoms with Crippen LogP contribution in [0.5, 0.6) is 0 Å². The summed E-state index contributed by atoms with van der Waals surface area (Å²) >= 11 is 0. The molecule has 0 aromatic carbocycles. The summed E-state index contributed by atoms with van der Waals surface area (Å²) in [4.78, 5) is 0. The number of rotatable bonds is 2. The average Bonchev–Trinajstić information content (AvgIpc) is 1.27. The molecule has 44 valence electrons. The first-order chi connectivity index (χ1) is 3.13. The molecule has 5 nitrogen and oxygen atoms in total. The van der Waals surface area contributed by atoms with Crippen LogP contribution in [0.4, 0.5) is 0 Å². The first kappa shape index (κ1) is 6.80. The van der Waals surface area contributed by atoms with Gasteiger partial charge in [-0.05, 0) is 0 Å². The van der Waals surface area contributed by atoms with Gasteiger partial charge < -0.3 is 0 Å². The maximum Gasteiger partial charge on any atom is 0.0186 e. The van der Waals surface area contributed by atoms with Gasteiger partial charge in [0.2, 0.25) is 0 Å². The molecule has 0 spiro atoms. The van der Waals surface area contributed by atoms with Crippen LogP contribution in [0.25, 0.3) is 0 Å². The van der Waals surface area contributed by atoms with Crippen LogP contribution in [0, 0.1) is 0 Å². The molecule has 0 bridgehead atoms. The number of nitrogens with zero attached hydrogens (tertiary/aromatic N) is 2. The Morgan fingerprint density at radius 2 is 1.43 bits per heavy atom. The van der Waals surface area contributed by atoms with Crippen molar-refractivity contribution >= 4 is 0 Å². The molecule has 0 aliphatic carbocycles. The fraction of sp³-hybridized carbons (Fsp3) is 1.00. The van der Waals surface area contributed by atoms with E-state index in [9.17, 15) is 0 Å². The minimum atomic E-state index is 1.25. The van der Waals surface area contributed by atoms with E-state index in [0.717, 1.165) is 0 Å². The lowest BCUT2D eigenvalue weighted by atomic mass is 11.4. The molecule has 0 aromatic rings. The van der Waals surface area contributed by atoms with E-state index in [2.05, 4.69) is 5.53 Å². The van der Waals surface area contributed by atoms with E-state index in [1.165, 1.54) is 10.2 Å². The summed E-state index contributed by atoms with van der Waals surface area (Å²) in [5.74, 6) is 10.2. The summed E-state index contributed by atoms with van der Waals surface area (Å²) in [6.07, 6.45) is 0. The van der Waals surface area contributed by atoms with E-state index >= 15 is 0 Å². The van der Waals surface area contributed by atoms with E-state index in [4.69, 9.17) is 11.7 Å². The largest absolute Gasteiger partial charge is 0.254 e. The summed E-state index contributed by atoms with van der Waals surface area (Å²) in [5, 5.41) is 2.50. The summed E-state index contributed by atoms with van der Waals surface area (Å²) in [5.41, 5.74) is 2.53. The fourth-order valence-corrected chi connectivity index (χ4v) is 0.249. The van der Waals surface area contributed by atoms with Gasteiger partial charge in [0.1, 0.15) is 0 Å². The molecule has 0 saturated heterocycles. The van der Waals surface area contributed by atoms with Crippen molar-refractivity contribution in [1.29, 1.82) is 0 Å². The van der Waals surface area contributed by atoms with Gasteiger partial charge in [-0.3, -0.25) is 11.7 Å². The van der Waals surface area contributed by atoms with Crippen LogP contribution in [0.3, 0.4) is 0 Å². The molecule has 5 N–H and O–H groups in total. The third kappa shape index (κ3) is 5.80. The number of nitrogens with two attached hydrogens (primary N) is 2. The number of hydrogen-bond donors (Lipinski definition) is 3. The van der Waals surface area contributed by atoms with Crippen molar-refractivity contribution in [3.05, 3.63) is 0 Å². The van der Waals surface area contributed by atoms with Crippen LogP contribution in [0.1, 0.15) is 0 Å². The molecule has 0 fully saturated rings. The number of hydrazine groups is 4. The zero-order valence-corrected chi connectivity index (χ0v) is 4.55. The first-order valence-corrected chi connectivity index (χ1v) is 1.86. The monoisotopic (exact) mass is 105 g/mol. The van der Waals surface area contributed by atoms with E-state index in [0.29, 0.717) is 0 Å². The van der Waals surface area contributed by atoms with Gasteiger partial charge in [0.25, 0.3) is 0 Å². The highest BCUT2D eigenvalue weighted by Crippen LogP contribution is 1.54. The van der Waals surface area contributed by atoms with E-state index in [1.807, 2.05) is 0 Å². The minimum absolute atomic E-state index is 1.25. The van der Waals surface area contributed by atoms with Crippen molar-refractivity contribution < 1.29 is 0 Å². The second kappa shape index (κ2) is 2.89. The van der Waals surface area contributed by atoms with E-state index in [1.54, 1.807) is 14.1 Å². The zero-order chi connectivity index (χ0) is 5.86. The molecule has 0 amide bonds. The molecule has 0 aromatic heterocycles. The summed E-state index contributed by atoms with van der Waals surface area (Å²) in [6.45, 7) is 0. The molecular formula is C2H11N5. The quantitative estimate of drug-likeness (QED) is 0.280. The van der Waals surface area contributed by atoms with Crippen molar-refractivity contribution in [3.8, 4) is 0 Å². The smallest absolute Gasteiger partial charge is 0.0186 e. The van der Waals surface area contributed by atoms with Gasteiger partial charge in [-0.25, -0.2) is 0 Å². The van der Waals surface area contributed by atoms with Crippen molar-refractivity contribution in [2.75, 3.05) is 14.1 Å². The second-order valence-corrected chi connectivity index (χ2v) is 1.32. The molecular weight excluding hydrogens is 94.1 g/mol. The zero-order valence-electron chi connectivity index (χ0n) is 4.55. The van der Waals surface area contributed by atoms with Gasteiger partial charge in [-0.15, -0.1) is 0 Å². The fourth-order valence-electron chi connectivity index (χ4n) is 0.249. The standard InChI is InChI=1S/C2H11N5/c1-6(3)5-7(2)4/h5H,3-4H2,1-2H3. The van der Waals surface area contributed by atoms with Crippen molar-refractivity contribution in [1.82, 2.24) is 15.8 Å². The molecule has 0 unspecified atom stereocenters. The highest BCUT2D eigenvalue weighted by Gasteiger charge is 1.85. The molecule has 7 heavy (non-hydrogen) atoms. The normalized spacial score (nSPS) is 11.1. The third-order valence-electron chi connectivity index (χ3n) is 0.315. The van der Waals surface area contributed by atoms with Gasteiger partial charge in [0, 0.05) is 14.1 Å². The van der Waals surface area contributed by atoms with Gasteiger partial charge in [0.15, 0.2) is 0 Å². The van der Waals surface area contributed by atoms with Crippen molar-refractivity contribution in [2.24, 2.45) is 11.7 Å². The third-order valence-corrected chi connectivity index (χ3v) is 0.315. The van der Waals surface area contributed by atoms with Gasteiger partial charge >= 0.3 is 0 Å². The molecule has 0 aliphatic rings. The van der Waals surface area contributed by atoms with Crippen LogP contribution in [0.15, 0.2) is 0 Å². The van der Waals surface area contributed by atoms with Crippen LogP contribution >= 0.6 is 0 Å². The van der Waals surface area contributed by atoms with Crippen molar-refractivity contribution in [2.45, 2.75) is 0 Å². The summed E-state index contributed by atoms with van der Waals surface area (Å²) in [6, 6.07) is 0. The Balaban J connectivity index is 2.95. The predicted molar refractivity (Wildman–Crippen MR) is 27.0 cm³/mol. The van der Waals surface area contributed by atoms with Gasteiger partial charge in [0.05, 0.1) is 0 Å². The molecule has 0 saturated carbocycles. The van der Waals surface area contributed by atoms with E-state index < -0.39 is 0 Å². The highest BCUT2D eigenvalue weighted by molar-refractivity contribution is 4.13. The SMILES string of the molecule is CN(N)NN(C)N. The molecule has 0 heterocycles. The Morgan fingerprint density at radius 3 is 1.43 bits per heavy atom. The predicted octanol–water partition coefficient (Wildman–Crippen LogP) is -1.98. The molecule has 0 atom stereocenters. The van der Waals surface area contributed by atoms with E-state index in [-0.39, 0.29) is 0 Å².